The summed E-state index contributed by atoms with van der Waals surface area (Å²) in [5, 5.41) is 5.77. The average molecular weight is 496 g/mol. The average Bonchev–Trinajstić information content (AvgIpc) is 3.36. The molecule has 1 fully saturated rings. The Morgan fingerprint density at radius 2 is 1.86 bits per heavy atom. The highest BCUT2D eigenvalue weighted by Gasteiger charge is 2.35. The first-order valence-corrected chi connectivity index (χ1v) is 11.8. The number of rotatable bonds is 6. The lowest BCUT2D eigenvalue weighted by Gasteiger charge is -2.31. The fourth-order valence-electron chi connectivity index (χ4n) is 4.43. The van der Waals surface area contributed by atoms with Gasteiger partial charge in [0.05, 0.1) is 5.56 Å². The van der Waals surface area contributed by atoms with E-state index >= 15 is 0 Å². The van der Waals surface area contributed by atoms with Gasteiger partial charge in [-0.3, -0.25) is 9.78 Å². The zero-order valence-electron chi connectivity index (χ0n) is 19.5. The Kier molecular flexibility index (Phi) is 6.60. The van der Waals surface area contributed by atoms with E-state index in [1.54, 1.807) is 29.4 Å². The van der Waals surface area contributed by atoms with E-state index in [2.05, 4.69) is 25.6 Å². The molecular formula is C26H26F3N6O+. The van der Waals surface area contributed by atoms with E-state index in [1.165, 1.54) is 12.1 Å². The van der Waals surface area contributed by atoms with Crippen LogP contribution in [0, 0.1) is 0 Å². The van der Waals surface area contributed by atoms with Gasteiger partial charge in [0, 0.05) is 43.1 Å². The quantitative estimate of drug-likeness (QED) is 0.379. The van der Waals surface area contributed by atoms with Crippen LogP contribution in [0.1, 0.15) is 27.0 Å². The molecule has 0 unspecified atom stereocenters. The summed E-state index contributed by atoms with van der Waals surface area (Å²) in [7, 11) is 0. The maximum absolute atomic E-state index is 13.8. The lowest BCUT2D eigenvalue weighted by atomic mass is 10.0. The van der Waals surface area contributed by atoms with Crippen LogP contribution in [0.2, 0.25) is 0 Å². The number of benzene rings is 2. The number of amides is 1. The molecule has 0 saturated carbocycles. The molecule has 0 spiro atoms. The van der Waals surface area contributed by atoms with Crippen molar-refractivity contribution >= 4 is 28.4 Å². The van der Waals surface area contributed by atoms with Crippen LogP contribution in [-0.4, -0.2) is 42.1 Å². The number of alkyl halides is 3. The minimum Gasteiger partial charge on any atom is -0.368 e. The zero-order chi connectivity index (χ0) is 25.1. The molecule has 2 aromatic carbocycles. The number of fused-ring (bicyclic) bond motifs is 1. The number of carbonyl (C=O) groups is 1. The Morgan fingerprint density at radius 1 is 1.06 bits per heavy atom. The largest absolute Gasteiger partial charge is 0.418 e. The van der Waals surface area contributed by atoms with E-state index < -0.39 is 17.6 Å². The first kappa shape index (κ1) is 23.8. The van der Waals surface area contributed by atoms with E-state index in [-0.39, 0.29) is 11.4 Å². The lowest BCUT2D eigenvalue weighted by molar-refractivity contribution is -0.347. The molecule has 1 saturated heterocycles. The summed E-state index contributed by atoms with van der Waals surface area (Å²) < 4.78 is 41.5. The van der Waals surface area contributed by atoms with Crippen LogP contribution in [0.3, 0.4) is 0 Å². The molecule has 5 rings (SSSR count). The Bertz CT molecular complexity index is 1380. The molecule has 10 heteroatoms. The summed E-state index contributed by atoms with van der Waals surface area (Å²) in [5.41, 5.74) is 3.59. The highest BCUT2D eigenvalue weighted by atomic mass is 19.4. The van der Waals surface area contributed by atoms with Gasteiger partial charge in [-0.2, -0.15) is 13.2 Å². The first-order valence-electron chi connectivity index (χ1n) is 11.8. The topological polar surface area (TPSA) is 87.2 Å². The SMILES string of the molecule is O=C(Nc1ccc(N2CCNCC2)c(C(F)(F)F)c1)c1cccc(CCc2cnc3[nH+]c[nH]c3c2)c1. The number of pyridine rings is 1. The zero-order valence-corrected chi connectivity index (χ0v) is 19.5. The van der Waals surface area contributed by atoms with Crippen molar-refractivity contribution in [1.82, 2.24) is 15.3 Å². The van der Waals surface area contributed by atoms with Crippen LogP contribution in [-0.2, 0) is 19.0 Å². The molecule has 0 atom stereocenters. The molecular weight excluding hydrogens is 469 g/mol. The van der Waals surface area contributed by atoms with Gasteiger partial charge in [-0.15, -0.1) is 4.98 Å². The summed E-state index contributed by atoms with van der Waals surface area (Å²) in [5.74, 6) is -0.454. The normalized spacial score (nSPS) is 14.2. The maximum atomic E-state index is 13.8. The van der Waals surface area contributed by atoms with Crippen LogP contribution in [0.5, 0.6) is 0 Å². The van der Waals surface area contributed by atoms with Gasteiger partial charge in [-0.25, -0.2) is 4.98 Å². The molecule has 2 aromatic heterocycles. The second-order valence-corrected chi connectivity index (χ2v) is 8.79. The molecule has 186 valence electrons. The van der Waals surface area contributed by atoms with Crippen LogP contribution >= 0.6 is 0 Å². The molecule has 3 heterocycles. The summed E-state index contributed by atoms with van der Waals surface area (Å²) in [4.78, 5) is 25.1. The van der Waals surface area contributed by atoms with Crippen LogP contribution < -0.4 is 20.5 Å². The van der Waals surface area contributed by atoms with E-state index in [0.717, 1.165) is 34.8 Å². The summed E-state index contributed by atoms with van der Waals surface area (Å²) in [6.07, 6.45) is 0.425. The molecule has 1 aliphatic heterocycles. The third-order valence-corrected chi connectivity index (χ3v) is 6.29. The number of halogens is 3. The fraction of sp³-hybridized carbons (Fsp3) is 0.269. The summed E-state index contributed by atoms with van der Waals surface area (Å²) >= 11 is 0. The smallest absolute Gasteiger partial charge is 0.368 e. The van der Waals surface area contributed by atoms with Gasteiger partial charge in [0.1, 0.15) is 6.20 Å². The molecule has 0 radical (unpaired) electrons. The van der Waals surface area contributed by atoms with Crippen molar-refractivity contribution in [2.75, 3.05) is 36.4 Å². The number of nitrogens with one attached hydrogen (secondary N) is 4. The second-order valence-electron chi connectivity index (χ2n) is 8.79. The minimum absolute atomic E-state index is 0.110. The third-order valence-electron chi connectivity index (χ3n) is 6.29. The molecule has 36 heavy (non-hydrogen) atoms. The van der Waals surface area contributed by atoms with Gasteiger partial charge in [-0.05, 0) is 60.4 Å². The second kappa shape index (κ2) is 9.98. The lowest BCUT2D eigenvalue weighted by Crippen LogP contribution is -2.44. The van der Waals surface area contributed by atoms with Gasteiger partial charge in [-0.1, -0.05) is 12.1 Å². The van der Waals surface area contributed by atoms with Gasteiger partial charge in [0.25, 0.3) is 11.6 Å². The number of carbonyl (C=O) groups excluding carboxylic acids is 1. The molecule has 1 aliphatic rings. The molecule has 7 nitrogen and oxygen atoms in total. The number of piperazine rings is 1. The van der Waals surface area contributed by atoms with Crippen LogP contribution in [0.4, 0.5) is 24.5 Å². The number of anilines is 2. The fourth-order valence-corrected chi connectivity index (χ4v) is 4.43. The molecule has 4 N–H and O–H groups in total. The molecule has 0 bridgehead atoms. The Balaban J connectivity index is 1.29. The van der Waals surface area contributed by atoms with E-state index in [0.29, 0.717) is 38.2 Å². The third kappa shape index (κ3) is 5.33. The monoisotopic (exact) mass is 495 g/mol. The van der Waals surface area contributed by atoms with Gasteiger partial charge in [0.2, 0.25) is 0 Å². The Hall–Kier alpha value is -3.92. The maximum Gasteiger partial charge on any atom is 0.418 e. The van der Waals surface area contributed by atoms with Crippen molar-refractivity contribution in [2.45, 2.75) is 19.0 Å². The van der Waals surface area contributed by atoms with E-state index in [9.17, 15) is 18.0 Å². The summed E-state index contributed by atoms with van der Waals surface area (Å²) in [6.45, 7) is 2.24. The number of aromatic amines is 2. The van der Waals surface area contributed by atoms with Crippen LogP contribution in [0.15, 0.2) is 61.1 Å². The van der Waals surface area contributed by atoms with Crippen molar-refractivity contribution < 1.29 is 22.9 Å². The number of imidazole rings is 1. The van der Waals surface area contributed by atoms with Crippen molar-refractivity contribution in [2.24, 2.45) is 0 Å². The van der Waals surface area contributed by atoms with E-state index in [1.807, 2.05) is 18.3 Å². The van der Waals surface area contributed by atoms with Gasteiger partial charge in [0.15, 0.2) is 11.8 Å². The number of aryl methyl sites for hydroxylation is 2. The van der Waals surface area contributed by atoms with Crippen molar-refractivity contribution in [3.8, 4) is 0 Å². The predicted molar refractivity (Wildman–Crippen MR) is 131 cm³/mol. The number of H-pyrrole nitrogens is 2. The first-order chi connectivity index (χ1) is 17.4. The minimum atomic E-state index is -4.53. The Labute approximate surface area is 205 Å². The van der Waals surface area contributed by atoms with Gasteiger partial charge < -0.3 is 15.5 Å². The highest BCUT2D eigenvalue weighted by Crippen LogP contribution is 2.38. The van der Waals surface area contributed by atoms with Crippen molar-refractivity contribution in [1.29, 1.82) is 0 Å². The van der Waals surface area contributed by atoms with Crippen molar-refractivity contribution in [3.63, 3.8) is 0 Å². The molecule has 1 amide bonds. The number of nitrogens with zero attached hydrogens (tertiary/aromatic N) is 2. The molecule has 4 aromatic rings. The van der Waals surface area contributed by atoms with Crippen LogP contribution in [0.25, 0.3) is 11.2 Å². The standard InChI is InChI=1S/C26H25F3N6O/c27-26(28,29)21-14-20(6-7-23(21)35-10-8-30-9-11-35)34-25(36)19-3-1-2-17(12-19)4-5-18-13-22-24(31-15-18)33-16-32-22/h1-3,6-7,12-16,30H,4-5,8-11H2,(H,34,36)(H,31,32,33)/p+1. The summed E-state index contributed by atoms with van der Waals surface area (Å²) in [6, 6.07) is 13.1. The Morgan fingerprint density at radius 3 is 2.67 bits per heavy atom. The molecule has 0 aliphatic carbocycles. The van der Waals surface area contributed by atoms with E-state index in [4.69, 9.17) is 0 Å². The highest BCUT2D eigenvalue weighted by molar-refractivity contribution is 6.04. The van der Waals surface area contributed by atoms with Gasteiger partial charge >= 0.3 is 6.18 Å². The number of aromatic nitrogens is 3. The number of hydrogen-bond donors (Lipinski definition) is 3. The van der Waals surface area contributed by atoms with Crippen molar-refractivity contribution in [3.05, 3.63) is 83.3 Å². The number of hydrogen-bond acceptors (Lipinski definition) is 4. The predicted octanol–water partition coefficient (Wildman–Crippen LogP) is 3.84.